The van der Waals surface area contributed by atoms with Gasteiger partial charge in [-0.3, -0.25) is 14.2 Å². The van der Waals surface area contributed by atoms with Crippen molar-refractivity contribution < 1.29 is 32.8 Å². The summed E-state index contributed by atoms with van der Waals surface area (Å²) in [5.74, 6) is -2.43. The van der Waals surface area contributed by atoms with Crippen LogP contribution in [0.3, 0.4) is 0 Å². The Morgan fingerprint density at radius 3 is 2.80 bits per heavy atom. The number of aliphatic hydroxyl groups is 1. The van der Waals surface area contributed by atoms with Crippen LogP contribution >= 0.6 is 23.5 Å². The van der Waals surface area contributed by atoms with Gasteiger partial charge in [0.05, 0.1) is 0 Å². The van der Waals surface area contributed by atoms with E-state index in [9.17, 15) is 28.2 Å². The van der Waals surface area contributed by atoms with Crippen LogP contribution in [-0.2, 0) is 25.6 Å². The van der Waals surface area contributed by atoms with Gasteiger partial charge >= 0.3 is 5.97 Å². The molecule has 1 aromatic rings. The average molecular weight is 409 g/mol. The Morgan fingerprint density at radius 1 is 1.44 bits per heavy atom. The van der Waals surface area contributed by atoms with Crippen LogP contribution in [-0.4, -0.2) is 83.2 Å². The lowest BCUT2D eigenvalue weighted by atomic mass is 10.1. The molecule has 0 aliphatic carbocycles. The van der Waals surface area contributed by atoms with E-state index in [1.54, 1.807) is 0 Å². The second-order valence-electron chi connectivity index (χ2n) is 5.07. The first kappa shape index (κ1) is 18.1. The normalized spacial score (nSPS) is 23.4. The maximum atomic E-state index is 11.7. The van der Waals surface area contributed by atoms with Crippen LogP contribution in [0.2, 0.25) is 0 Å². The smallest absolute Gasteiger partial charge is 0.352 e. The molecule has 2 aliphatic rings. The van der Waals surface area contributed by atoms with Gasteiger partial charge in [0.2, 0.25) is 5.16 Å². The van der Waals surface area contributed by atoms with Gasteiger partial charge in [0.1, 0.15) is 11.1 Å². The zero-order chi connectivity index (χ0) is 18.4. The third-order valence-corrected chi connectivity index (χ3v) is 6.32. The van der Waals surface area contributed by atoms with Gasteiger partial charge in [-0.15, -0.1) is 16.9 Å². The monoisotopic (exact) mass is 409 g/mol. The molecule has 1 saturated heterocycles. The van der Waals surface area contributed by atoms with Crippen molar-refractivity contribution in [2.45, 2.75) is 22.5 Å². The van der Waals surface area contributed by atoms with Crippen molar-refractivity contribution in [2.75, 3.05) is 11.5 Å². The number of rotatable bonds is 6. The second kappa shape index (κ2) is 6.56. The van der Waals surface area contributed by atoms with Crippen molar-refractivity contribution in [3.05, 3.63) is 11.3 Å². The number of β-lactam (4-membered cyclic amide) rings is 1. The molecule has 12 nitrogen and oxygen atoms in total. The number of fused-ring (bicyclic) bond motifs is 1. The number of carboxylic acid groups (broad SMARTS) is 1. The number of aliphatic carboxylic acids is 1. The molecule has 0 aromatic carbocycles. The number of carbonyl (C=O) groups is 2. The van der Waals surface area contributed by atoms with Gasteiger partial charge in [0.15, 0.2) is 12.0 Å². The summed E-state index contributed by atoms with van der Waals surface area (Å²) in [5, 5.41) is 28.8. The van der Waals surface area contributed by atoms with Crippen molar-refractivity contribution in [3.63, 3.8) is 0 Å². The Hall–Kier alpha value is -1.68. The minimum absolute atomic E-state index is 0.0666. The highest BCUT2D eigenvalue weighted by Crippen LogP contribution is 2.41. The Morgan fingerprint density at radius 2 is 2.16 bits per heavy atom. The summed E-state index contributed by atoms with van der Waals surface area (Å²) >= 11 is 2.20. The average Bonchev–Trinajstić information content (AvgIpc) is 2.96. The van der Waals surface area contributed by atoms with E-state index >= 15 is 0 Å². The molecule has 1 amide bonds. The highest BCUT2D eigenvalue weighted by Gasteiger charge is 2.52. The molecular weight excluding hydrogens is 398 g/mol. The molecule has 3 heterocycles. The zero-order valence-corrected chi connectivity index (χ0v) is 14.7. The Bertz CT molecular complexity index is 866. The van der Waals surface area contributed by atoms with E-state index < -0.39 is 39.3 Å². The number of nitrogens with zero attached hydrogens (tertiary/aromatic N) is 5. The van der Waals surface area contributed by atoms with Crippen molar-refractivity contribution >= 4 is 45.5 Å². The first-order valence-corrected chi connectivity index (χ1v) is 10.3. The van der Waals surface area contributed by atoms with Crippen LogP contribution < -0.4 is 0 Å². The molecule has 0 bridgehead atoms. The van der Waals surface area contributed by atoms with Gasteiger partial charge in [-0.05, 0) is 16.0 Å². The quantitative estimate of drug-likeness (QED) is 0.274. The van der Waals surface area contributed by atoms with E-state index in [4.69, 9.17) is 4.55 Å². The number of carbonyl (C=O) groups excluding carboxylic acids is 1. The third-order valence-electron chi connectivity index (χ3n) is 3.38. The maximum absolute atomic E-state index is 11.7. The fourth-order valence-corrected chi connectivity index (χ4v) is 5.18. The van der Waals surface area contributed by atoms with E-state index in [2.05, 4.69) is 15.5 Å². The summed E-state index contributed by atoms with van der Waals surface area (Å²) in [6.07, 6.45) is -1.21. The SMILES string of the molecule is O=C(O)C1=C(CSc2nnnn2CS(=O)(=O)O)CS[C@@H]2C(O)C(=O)N12. The third kappa shape index (κ3) is 3.50. The number of aliphatic hydroxyl groups excluding tert-OH is 1. The molecule has 2 atom stereocenters. The molecule has 1 fully saturated rings. The van der Waals surface area contributed by atoms with Crippen molar-refractivity contribution in [3.8, 4) is 0 Å². The topological polar surface area (TPSA) is 176 Å². The summed E-state index contributed by atoms with van der Waals surface area (Å²) in [5.41, 5.74) is 0.223. The number of amides is 1. The molecule has 0 saturated carbocycles. The van der Waals surface area contributed by atoms with Crippen molar-refractivity contribution in [2.24, 2.45) is 0 Å². The molecule has 1 aromatic heterocycles. The first-order chi connectivity index (χ1) is 11.7. The minimum atomic E-state index is -4.34. The molecule has 136 valence electrons. The van der Waals surface area contributed by atoms with E-state index in [0.29, 0.717) is 5.57 Å². The summed E-state index contributed by atoms with van der Waals surface area (Å²) in [6, 6.07) is 0. The Labute approximate surface area is 149 Å². The molecule has 3 N–H and O–H groups in total. The van der Waals surface area contributed by atoms with Gasteiger partial charge in [0, 0.05) is 11.5 Å². The fourth-order valence-electron chi connectivity index (χ4n) is 2.33. The molecule has 1 unspecified atom stereocenters. The number of carboxylic acids is 1. The van der Waals surface area contributed by atoms with Crippen LogP contribution in [0, 0.1) is 0 Å². The van der Waals surface area contributed by atoms with Gasteiger partial charge in [0.25, 0.3) is 16.0 Å². The van der Waals surface area contributed by atoms with Gasteiger partial charge in [-0.1, -0.05) is 11.8 Å². The lowest BCUT2D eigenvalue weighted by Crippen LogP contribution is -2.64. The highest BCUT2D eigenvalue weighted by atomic mass is 32.2. The molecular formula is C10H11N5O7S3. The van der Waals surface area contributed by atoms with E-state index in [1.165, 1.54) is 11.8 Å². The summed E-state index contributed by atoms with van der Waals surface area (Å²) in [7, 11) is -4.34. The fraction of sp³-hybridized carbons (Fsp3) is 0.500. The molecule has 0 radical (unpaired) electrons. The largest absolute Gasteiger partial charge is 0.477 e. The van der Waals surface area contributed by atoms with Crippen LogP contribution in [0.5, 0.6) is 0 Å². The number of tetrazole rings is 1. The lowest BCUT2D eigenvalue weighted by molar-refractivity contribution is -0.159. The number of aromatic nitrogens is 4. The molecule has 25 heavy (non-hydrogen) atoms. The number of thioether (sulfide) groups is 2. The Balaban J connectivity index is 1.79. The predicted octanol–water partition coefficient (Wildman–Crippen LogP) is -1.77. The summed E-state index contributed by atoms with van der Waals surface area (Å²) in [6.45, 7) is 0. The van der Waals surface area contributed by atoms with Gasteiger partial charge in [-0.2, -0.15) is 8.42 Å². The number of hydrogen-bond acceptors (Lipinski definition) is 10. The molecule has 15 heteroatoms. The lowest BCUT2D eigenvalue weighted by Gasteiger charge is -2.47. The predicted molar refractivity (Wildman–Crippen MR) is 83.9 cm³/mol. The van der Waals surface area contributed by atoms with Gasteiger partial charge < -0.3 is 10.2 Å². The standard InChI is InChI=1S/C10H11N5O7S3/c16-6-7(17)15-5(9(18)19)4(1-23-8(6)15)2-24-10-11-12-13-14(10)3-25(20,21)22/h6,8,16H,1-3H2,(H,18,19)(H,20,21,22)/t6?,8-/m1/s1. The zero-order valence-electron chi connectivity index (χ0n) is 12.2. The van der Waals surface area contributed by atoms with Gasteiger partial charge in [-0.25, -0.2) is 9.48 Å². The first-order valence-electron chi connectivity index (χ1n) is 6.61. The van der Waals surface area contributed by atoms with E-state index in [-0.39, 0.29) is 22.4 Å². The van der Waals surface area contributed by atoms with Crippen LogP contribution in [0.15, 0.2) is 16.4 Å². The van der Waals surface area contributed by atoms with Crippen molar-refractivity contribution in [1.29, 1.82) is 0 Å². The van der Waals surface area contributed by atoms with E-state index in [1.807, 2.05) is 0 Å². The maximum Gasteiger partial charge on any atom is 0.352 e. The van der Waals surface area contributed by atoms with Crippen molar-refractivity contribution in [1.82, 2.24) is 25.1 Å². The molecule has 0 spiro atoms. The second-order valence-corrected chi connectivity index (χ2v) is 8.54. The molecule has 2 aliphatic heterocycles. The number of hydrogen-bond donors (Lipinski definition) is 3. The van der Waals surface area contributed by atoms with Crippen LogP contribution in [0.25, 0.3) is 0 Å². The highest BCUT2D eigenvalue weighted by molar-refractivity contribution is 8.01. The Kier molecular flexibility index (Phi) is 4.76. The summed E-state index contributed by atoms with van der Waals surface area (Å²) < 4.78 is 31.6. The van der Waals surface area contributed by atoms with E-state index in [0.717, 1.165) is 21.3 Å². The van der Waals surface area contributed by atoms with Crippen LogP contribution in [0.1, 0.15) is 0 Å². The molecule has 3 rings (SSSR count). The summed E-state index contributed by atoms with van der Waals surface area (Å²) in [4.78, 5) is 24.3. The van der Waals surface area contributed by atoms with Crippen LogP contribution in [0.4, 0.5) is 0 Å². The minimum Gasteiger partial charge on any atom is -0.477 e.